The summed E-state index contributed by atoms with van der Waals surface area (Å²) in [6, 6.07) is 1.73. The van der Waals surface area contributed by atoms with Gasteiger partial charge in [0.2, 0.25) is 0 Å². The molecule has 0 amide bonds. The van der Waals surface area contributed by atoms with E-state index in [1.54, 1.807) is 12.3 Å². The quantitative estimate of drug-likeness (QED) is 0.268. The zero-order valence-corrected chi connectivity index (χ0v) is 9.37. The molecule has 0 unspecified atom stereocenters. The number of hydrogen-bond donors (Lipinski definition) is 2. The zero-order chi connectivity index (χ0) is 12.1. The summed E-state index contributed by atoms with van der Waals surface area (Å²) >= 11 is 1.26. The van der Waals surface area contributed by atoms with Crippen LogP contribution in [-0.2, 0) is 0 Å². The Hall–Kier alpha value is -2.22. The Balaban J connectivity index is 2.33. The average Bonchev–Trinajstić information content (AvgIpc) is 2.40. The molecule has 0 saturated heterocycles. The number of nitrogens with two attached hydrogens (primary N) is 1. The van der Waals surface area contributed by atoms with Crippen molar-refractivity contribution in [2.24, 2.45) is 10.9 Å². The lowest BCUT2D eigenvalue weighted by molar-refractivity contribution is 0.318. The predicted molar refractivity (Wildman–Crippen MR) is 60.7 cm³/mol. The molecular formula is C9H8N6OS. The molecular weight excluding hydrogens is 240 g/mol. The maximum absolute atomic E-state index is 8.64. The van der Waals surface area contributed by atoms with Gasteiger partial charge in [-0.25, -0.2) is 19.9 Å². The third-order valence-electron chi connectivity index (χ3n) is 1.77. The van der Waals surface area contributed by atoms with Gasteiger partial charge in [0.05, 0.1) is 0 Å². The van der Waals surface area contributed by atoms with E-state index in [-0.39, 0.29) is 5.84 Å². The molecule has 0 aromatic carbocycles. The molecule has 8 heteroatoms. The van der Waals surface area contributed by atoms with E-state index in [1.807, 2.05) is 0 Å². The number of amidine groups is 1. The van der Waals surface area contributed by atoms with Crippen LogP contribution in [0.5, 0.6) is 0 Å². The summed E-state index contributed by atoms with van der Waals surface area (Å²) in [5.41, 5.74) is 5.82. The lowest BCUT2D eigenvalue weighted by Gasteiger charge is -2.04. The third kappa shape index (κ3) is 2.67. The third-order valence-corrected chi connectivity index (χ3v) is 2.71. The lowest BCUT2D eigenvalue weighted by atomic mass is 10.4. The highest BCUT2D eigenvalue weighted by Crippen LogP contribution is 2.25. The van der Waals surface area contributed by atoms with Crippen LogP contribution in [0.25, 0.3) is 0 Å². The summed E-state index contributed by atoms with van der Waals surface area (Å²) in [5.74, 6) is -0.0883. The van der Waals surface area contributed by atoms with Gasteiger partial charge >= 0.3 is 0 Å². The molecule has 0 atom stereocenters. The molecule has 3 N–H and O–H groups in total. The average molecular weight is 248 g/mol. The van der Waals surface area contributed by atoms with E-state index >= 15 is 0 Å². The van der Waals surface area contributed by atoms with Gasteiger partial charge in [-0.1, -0.05) is 5.16 Å². The first kappa shape index (κ1) is 11.3. The van der Waals surface area contributed by atoms with Crippen LogP contribution >= 0.6 is 11.8 Å². The number of nitrogens with zero attached hydrogens (tertiary/aromatic N) is 5. The predicted octanol–water partition coefficient (Wildman–Crippen LogP) is 0.512. The molecule has 0 aliphatic rings. The van der Waals surface area contributed by atoms with Gasteiger partial charge in [0.25, 0.3) is 0 Å². The van der Waals surface area contributed by atoms with Crippen LogP contribution in [0.15, 0.2) is 46.2 Å². The smallest absolute Gasteiger partial charge is 0.191 e. The number of aromatic nitrogens is 4. The largest absolute Gasteiger partial charge is 0.409 e. The minimum absolute atomic E-state index is 0.0883. The SMILES string of the molecule is NC(=NO)c1nccnc1Sc1ccncn1. The van der Waals surface area contributed by atoms with Crippen LogP contribution in [-0.4, -0.2) is 31.0 Å². The number of oxime groups is 1. The maximum atomic E-state index is 8.64. The van der Waals surface area contributed by atoms with Crippen molar-refractivity contribution in [2.75, 3.05) is 0 Å². The van der Waals surface area contributed by atoms with Gasteiger partial charge in [-0.2, -0.15) is 0 Å². The second kappa shape index (κ2) is 5.21. The van der Waals surface area contributed by atoms with Crippen molar-refractivity contribution in [1.29, 1.82) is 0 Å². The van der Waals surface area contributed by atoms with E-state index < -0.39 is 0 Å². The van der Waals surface area contributed by atoms with Gasteiger partial charge in [0.15, 0.2) is 5.84 Å². The van der Waals surface area contributed by atoms with Gasteiger partial charge in [0.1, 0.15) is 22.1 Å². The van der Waals surface area contributed by atoms with Crippen LogP contribution in [0.1, 0.15) is 5.69 Å². The summed E-state index contributed by atoms with van der Waals surface area (Å²) < 4.78 is 0. The second-order valence-corrected chi connectivity index (χ2v) is 3.85. The Kier molecular flexibility index (Phi) is 3.46. The lowest BCUT2D eigenvalue weighted by Crippen LogP contribution is -2.16. The summed E-state index contributed by atoms with van der Waals surface area (Å²) in [6.07, 6.45) is 6.05. The fourth-order valence-corrected chi connectivity index (χ4v) is 1.86. The van der Waals surface area contributed by atoms with Crippen molar-refractivity contribution in [3.8, 4) is 0 Å². The van der Waals surface area contributed by atoms with Crippen molar-refractivity contribution >= 4 is 17.6 Å². The first-order chi connectivity index (χ1) is 8.31. The summed E-state index contributed by atoms with van der Waals surface area (Å²) in [5, 5.41) is 12.8. The molecule has 2 aromatic rings. The highest BCUT2D eigenvalue weighted by atomic mass is 32.2. The van der Waals surface area contributed by atoms with Gasteiger partial charge in [0, 0.05) is 18.6 Å². The second-order valence-electron chi connectivity index (χ2n) is 2.85. The molecule has 0 aliphatic heterocycles. The van der Waals surface area contributed by atoms with Gasteiger partial charge in [-0.3, -0.25) is 0 Å². The molecule has 0 bridgehead atoms. The molecule has 7 nitrogen and oxygen atoms in total. The molecule has 2 heterocycles. The first-order valence-corrected chi connectivity index (χ1v) is 5.35. The molecule has 86 valence electrons. The van der Waals surface area contributed by atoms with Crippen LogP contribution in [0.3, 0.4) is 0 Å². The highest BCUT2D eigenvalue weighted by molar-refractivity contribution is 7.99. The van der Waals surface area contributed by atoms with Gasteiger partial charge < -0.3 is 10.9 Å². The van der Waals surface area contributed by atoms with Crippen LogP contribution in [0.2, 0.25) is 0 Å². The molecule has 0 radical (unpaired) electrons. The highest BCUT2D eigenvalue weighted by Gasteiger charge is 2.11. The summed E-state index contributed by atoms with van der Waals surface area (Å²) in [7, 11) is 0. The van der Waals surface area contributed by atoms with Crippen molar-refractivity contribution in [3.05, 3.63) is 36.7 Å². The van der Waals surface area contributed by atoms with Crippen molar-refractivity contribution in [2.45, 2.75) is 10.1 Å². The van der Waals surface area contributed by atoms with Crippen LogP contribution < -0.4 is 5.73 Å². The van der Waals surface area contributed by atoms with Crippen LogP contribution in [0, 0.1) is 0 Å². The summed E-state index contributed by atoms with van der Waals surface area (Å²) in [4.78, 5) is 16.0. The molecule has 0 fully saturated rings. The minimum atomic E-state index is -0.0883. The number of rotatable bonds is 3. The Morgan fingerprint density at radius 2 is 2.06 bits per heavy atom. The molecule has 2 aromatic heterocycles. The van der Waals surface area contributed by atoms with E-state index in [0.29, 0.717) is 15.7 Å². The monoisotopic (exact) mass is 248 g/mol. The van der Waals surface area contributed by atoms with Crippen molar-refractivity contribution in [3.63, 3.8) is 0 Å². The normalized spacial score (nSPS) is 11.4. The topological polar surface area (TPSA) is 110 Å². The Bertz CT molecular complexity index is 532. The van der Waals surface area contributed by atoms with E-state index in [9.17, 15) is 0 Å². The summed E-state index contributed by atoms with van der Waals surface area (Å²) in [6.45, 7) is 0. The van der Waals surface area contributed by atoms with E-state index in [1.165, 1.54) is 30.5 Å². The fourth-order valence-electron chi connectivity index (χ4n) is 1.06. The van der Waals surface area contributed by atoms with Gasteiger partial charge in [-0.15, -0.1) is 0 Å². The van der Waals surface area contributed by atoms with E-state index in [2.05, 4.69) is 25.1 Å². The Morgan fingerprint density at radius 1 is 1.24 bits per heavy atom. The molecule has 0 saturated carbocycles. The Morgan fingerprint density at radius 3 is 2.76 bits per heavy atom. The van der Waals surface area contributed by atoms with Gasteiger partial charge in [-0.05, 0) is 17.8 Å². The van der Waals surface area contributed by atoms with E-state index in [0.717, 1.165) is 0 Å². The van der Waals surface area contributed by atoms with Crippen molar-refractivity contribution < 1.29 is 5.21 Å². The van der Waals surface area contributed by atoms with E-state index in [4.69, 9.17) is 10.9 Å². The molecule has 0 aliphatic carbocycles. The fraction of sp³-hybridized carbons (Fsp3) is 0. The first-order valence-electron chi connectivity index (χ1n) is 4.54. The number of hydrogen-bond acceptors (Lipinski definition) is 7. The molecule has 0 spiro atoms. The molecule has 17 heavy (non-hydrogen) atoms. The zero-order valence-electron chi connectivity index (χ0n) is 8.56. The Labute approximate surface area is 101 Å². The standard InChI is InChI=1S/C9H8N6OS/c10-8(15-16)7-9(13-4-3-12-7)17-6-1-2-11-5-14-6/h1-5,16H,(H2,10,15). The molecule has 2 rings (SSSR count). The minimum Gasteiger partial charge on any atom is -0.409 e. The van der Waals surface area contributed by atoms with Crippen LogP contribution in [0.4, 0.5) is 0 Å². The van der Waals surface area contributed by atoms with Crippen molar-refractivity contribution in [1.82, 2.24) is 19.9 Å². The maximum Gasteiger partial charge on any atom is 0.191 e.